The molecule has 6 nitrogen and oxygen atoms in total. The van der Waals surface area contributed by atoms with Gasteiger partial charge in [-0.1, -0.05) is 49.6 Å². The van der Waals surface area contributed by atoms with Crippen molar-refractivity contribution in [2.24, 2.45) is 0 Å². The highest BCUT2D eigenvalue weighted by molar-refractivity contribution is 5.63. The van der Waals surface area contributed by atoms with E-state index in [4.69, 9.17) is 30.6 Å². The van der Waals surface area contributed by atoms with Crippen molar-refractivity contribution in [3.05, 3.63) is 48.6 Å². The van der Waals surface area contributed by atoms with Gasteiger partial charge in [-0.25, -0.2) is 0 Å². The molecule has 0 aliphatic rings. The minimum Gasteiger partial charge on any atom is -0.394 e. The summed E-state index contributed by atoms with van der Waals surface area (Å²) in [6, 6.07) is 8.02. The molecule has 0 aromatic heterocycles. The van der Waals surface area contributed by atoms with Crippen LogP contribution in [0, 0.1) is 0 Å². The Balaban J connectivity index is 0.000000406. The van der Waals surface area contributed by atoms with Gasteiger partial charge in [0.25, 0.3) is 0 Å². The Kier molecular flexibility index (Phi) is 10.3. The number of hydrogen-bond acceptors (Lipinski definition) is 6. The van der Waals surface area contributed by atoms with Crippen molar-refractivity contribution < 1.29 is 30.6 Å². The molecule has 6 heteroatoms. The standard InChI is InChI=1S/C10H10.C6H14O6/c1-3-9-7-5-6-8-10(9)4-2;7-1-3(9)5(11)6(12)4(10)2-8/h3-8H,1-2H2;3-12H,1-2H2. The summed E-state index contributed by atoms with van der Waals surface area (Å²) in [5.41, 5.74) is 2.27. The Morgan fingerprint density at radius 1 is 0.773 bits per heavy atom. The largest absolute Gasteiger partial charge is 0.394 e. The minimum absolute atomic E-state index is 0.726. The van der Waals surface area contributed by atoms with Crippen molar-refractivity contribution in [3.8, 4) is 0 Å². The van der Waals surface area contributed by atoms with Crippen LogP contribution in [0.4, 0.5) is 0 Å². The second-order valence-corrected chi connectivity index (χ2v) is 4.52. The number of rotatable bonds is 7. The molecule has 1 aromatic carbocycles. The van der Waals surface area contributed by atoms with Crippen LogP contribution in [0.3, 0.4) is 0 Å². The minimum atomic E-state index is -1.67. The molecular weight excluding hydrogens is 288 g/mol. The fourth-order valence-electron chi connectivity index (χ4n) is 1.55. The molecule has 6 N–H and O–H groups in total. The Labute approximate surface area is 129 Å². The second kappa shape index (κ2) is 11.1. The van der Waals surface area contributed by atoms with Crippen LogP contribution >= 0.6 is 0 Å². The molecule has 0 aliphatic heterocycles. The average Bonchev–Trinajstić information content (AvgIpc) is 2.59. The van der Waals surface area contributed by atoms with Crippen LogP contribution in [0.25, 0.3) is 12.2 Å². The van der Waals surface area contributed by atoms with Crippen molar-refractivity contribution in [2.45, 2.75) is 24.4 Å². The first-order valence-corrected chi connectivity index (χ1v) is 6.70. The molecule has 0 heterocycles. The lowest BCUT2D eigenvalue weighted by molar-refractivity contribution is -0.123. The molecule has 0 radical (unpaired) electrons. The summed E-state index contributed by atoms with van der Waals surface area (Å²) in [4.78, 5) is 0. The fraction of sp³-hybridized carbons (Fsp3) is 0.375. The Morgan fingerprint density at radius 3 is 1.32 bits per heavy atom. The highest BCUT2D eigenvalue weighted by atomic mass is 16.4. The van der Waals surface area contributed by atoms with E-state index in [0.29, 0.717) is 0 Å². The number of benzene rings is 1. The molecule has 124 valence electrons. The van der Waals surface area contributed by atoms with Crippen molar-refractivity contribution in [1.29, 1.82) is 0 Å². The first kappa shape index (κ1) is 20.5. The number of hydrogen-bond donors (Lipinski definition) is 6. The lowest BCUT2D eigenvalue weighted by atomic mass is 10.0. The Bertz CT molecular complexity index is 407. The van der Waals surface area contributed by atoms with E-state index in [1.54, 1.807) is 0 Å². The van der Waals surface area contributed by atoms with Crippen molar-refractivity contribution >= 4 is 12.2 Å². The lowest BCUT2D eigenvalue weighted by Gasteiger charge is -2.24. The molecule has 0 fully saturated rings. The highest BCUT2D eigenvalue weighted by Crippen LogP contribution is 2.10. The molecule has 0 spiro atoms. The zero-order chi connectivity index (χ0) is 17.1. The molecule has 22 heavy (non-hydrogen) atoms. The molecule has 0 saturated heterocycles. The topological polar surface area (TPSA) is 121 Å². The van der Waals surface area contributed by atoms with Gasteiger partial charge in [-0.2, -0.15) is 0 Å². The molecule has 0 amide bonds. The Morgan fingerprint density at radius 2 is 1.09 bits per heavy atom. The highest BCUT2D eigenvalue weighted by Gasteiger charge is 2.29. The third-order valence-electron chi connectivity index (χ3n) is 2.95. The maximum atomic E-state index is 8.96. The third kappa shape index (κ3) is 6.48. The molecule has 4 atom stereocenters. The van der Waals surface area contributed by atoms with Crippen molar-refractivity contribution in [1.82, 2.24) is 0 Å². The van der Waals surface area contributed by atoms with E-state index in [1.807, 2.05) is 36.4 Å². The first-order chi connectivity index (χ1) is 10.4. The molecule has 1 rings (SSSR count). The molecule has 4 unspecified atom stereocenters. The van der Waals surface area contributed by atoms with Crippen LogP contribution in [0.1, 0.15) is 11.1 Å². The summed E-state index contributed by atoms with van der Waals surface area (Å²) in [5, 5.41) is 52.2. The van der Waals surface area contributed by atoms with Crippen LogP contribution in [0.15, 0.2) is 37.4 Å². The van der Waals surface area contributed by atoms with Crippen molar-refractivity contribution in [2.75, 3.05) is 13.2 Å². The summed E-state index contributed by atoms with van der Waals surface area (Å²) in [6.45, 7) is 5.93. The summed E-state index contributed by atoms with van der Waals surface area (Å²) >= 11 is 0. The van der Waals surface area contributed by atoms with E-state index in [-0.39, 0.29) is 0 Å². The summed E-state index contributed by atoms with van der Waals surface area (Å²) in [6.07, 6.45) is -2.73. The maximum absolute atomic E-state index is 8.96. The van der Waals surface area contributed by atoms with Gasteiger partial charge in [0.1, 0.15) is 24.4 Å². The van der Waals surface area contributed by atoms with Gasteiger partial charge in [0.2, 0.25) is 0 Å². The van der Waals surface area contributed by atoms with Crippen LogP contribution in [0.2, 0.25) is 0 Å². The quantitative estimate of drug-likeness (QED) is 0.399. The maximum Gasteiger partial charge on any atom is 0.111 e. The van der Waals surface area contributed by atoms with Crippen LogP contribution < -0.4 is 0 Å². The van der Waals surface area contributed by atoms with E-state index in [0.717, 1.165) is 11.1 Å². The summed E-state index contributed by atoms with van der Waals surface area (Å²) in [7, 11) is 0. The fourth-order valence-corrected chi connectivity index (χ4v) is 1.55. The SMILES string of the molecule is C=Cc1ccccc1C=C.OCC(O)C(O)C(O)C(O)CO. The van der Waals surface area contributed by atoms with Gasteiger partial charge in [-0.05, 0) is 11.1 Å². The Hall–Kier alpha value is -1.54. The van der Waals surface area contributed by atoms with Gasteiger partial charge in [-0.3, -0.25) is 0 Å². The van der Waals surface area contributed by atoms with Crippen LogP contribution in [0.5, 0.6) is 0 Å². The van der Waals surface area contributed by atoms with Crippen LogP contribution in [-0.2, 0) is 0 Å². The summed E-state index contributed by atoms with van der Waals surface area (Å²) in [5.74, 6) is 0. The second-order valence-electron chi connectivity index (χ2n) is 4.52. The van der Waals surface area contributed by atoms with E-state index in [9.17, 15) is 0 Å². The summed E-state index contributed by atoms with van der Waals surface area (Å²) < 4.78 is 0. The molecular formula is C16H24O6. The van der Waals surface area contributed by atoms with Gasteiger partial charge >= 0.3 is 0 Å². The van der Waals surface area contributed by atoms with Gasteiger partial charge in [0.15, 0.2) is 0 Å². The third-order valence-corrected chi connectivity index (χ3v) is 2.95. The van der Waals surface area contributed by atoms with Gasteiger partial charge in [0, 0.05) is 0 Å². The van der Waals surface area contributed by atoms with E-state index in [1.165, 1.54) is 0 Å². The van der Waals surface area contributed by atoms with Gasteiger partial charge in [0.05, 0.1) is 13.2 Å². The van der Waals surface area contributed by atoms with Gasteiger partial charge in [-0.15, -0.1) is 0 Å². The van der Waals surface area contributed by atoms with E-state index < -0.39 is 37.6 Å². The number of aliphatic hydroxyl groups is 6. The van der Waals surface area contributed by atoms with E-state index >= 15 is 0 Å². The van der Waals surface area contributed by atoms with Crippen molar-refractivity contribution in [3.63, 3.8) is 0 Å². The normalized spacial score (nSPS) is 15.7. The lowest BCUT2D eigenvalue weighted by Crippen LogP contribution is -2.46. The first-order valence-electron chi connectivity index (χ1n) is 6.70. The van der Waals surface area contributed by atoms with Gasteiger partial charge < -0.3 is 30.6 Å². The monoisotopic (exact) mass is 312 g/mol. The number of aliphatic hydroxyl groups excluding tert-OH is 6. The molecule has 0 saturated carbocycles. The zero-order valence-electron chi connectivity index (χ0n) is 12.3. The van der Waals surface area contributed by atoms with E-state index in [2.05, 4.69) is 13.2 Å². The molecule has 0 aliphatic carbocycles. The predicted molar refractivity (Wildman–Crippen MR) is 84.8 cm³/mol. The predicted octanol–water partition coefficient (Wildman–Crippen LogP) is -0.613. The van der Waals surface area contributed by atoms with Crippen LogP contribution in [-0.4, -0.2) is 68.3 Å². The molecule has 0 bridgehead atoms. The average molecular weight is 312 g/mol. The molecule has 1 aromatic rings. The zero-order valence-corrected chi connectivity index (χ0v) is 12.3. The smallest absolute Gasteiger partial charge is 0.111 e.